The van der Waals surface area contributed by atoms with Crippen LogP contribution in [0.25, 0.3) is 0 Å². The minimum atomic E-state index is -0.307. The Morgan fingerprint density at radius 3 is 2.83 bits per heavy atom. The van der Waals surface area contributed by atoms with Gasteiger partial charge in [0.25, 0.3) is 0 Å². The third kappa shape index (κ3) is 2.82. The summed E-state index contributed by atoms with van der Waals surface area (Å²) in [6.07, 6.45) is 1.49. The molecular weight excluding hydrogens is 233 g/mol. The molecule has 4 nitrogen and oxygen atoms in total. The summed E-state index contributed by atoms with van der Waals surface area (Å²) in [5.74, 6) is 0.0585. The van der Waals surface area contributed by atoms with Gasteiger partial charge in [0.05, 0.1) is 0 Å². The van der Waals surface area contributed by atoms with Gasteiger partial charge in [-0.05, 0) is 12.1 Å². The summed E-state index contributed by atoms with van der Waals surface area (Å²) in [5.41, 5.74) is 6.12. The molecule has 0 saturated heterocycles. The van der Waals surface area contributed by atoms with E-state index in [0.29, 0.717) is 17.0 Å². The number of amidine groups is 1. The fourth-order valence-electron chi connectivity index (χ4n) is 1.42. The molecule has 0 unspecified atom stereocenters. The summed E-state index contributed by atoms with van der Waals surface area (Å²) in [7, 11) is 0. The van der Waals surface area contributed by atoms with E-state index in [1.807, 2.05) is 0 Å². The number of rotatable bonds is 4. The predicted molar refractivity (Wildman–Crippen MR) is 66.0 cm³/mol. The Bertz CT molecular complexity index is 572. The second-order valence-corrected chi connectivity index (χ2v) is 3.67. The van der Waals surface area contributed by atoms with Gasteiger partial charge in [-0.2, -0.15) is 0 Å². The Hall–Kier alpha value is -2.43. The van der Waals surface area contributed by atoms with Crippen molar-refractivity contribution >= 4 is 5.84 Å². The fourth-order valence-corrected chi connectivity index (χ4v) is 1.42. The summed E-state index contributed by atoms with van der Waals surface area (Å²) in [6.45, 7) is 0.119. The molecule has 0 spiro atoms. The van der Waals surface area contributed by atoms with Crippen molar-refractivity contribution in [2.45, 2.75) is 6.61 Å². The number of ether oxygens (including phenoxy) is 1. The van der Waals surface area contributed by atoms with Gasteiger partial charge in [-0.25, -0.2) is 4.39 Å². The first-order valence-electron chi connectivity index (χ1n) is 5.33. The Labute approximate surface area is 104 Å². The molecular formula is C13H12FN3O. The molecule has 3 N–H and O–H groups in total. The largest absolute Gasteiger partial charge is 0.489 e. The molecule has 1 heterocycles. The van der Waals surface area contributed by atoms with Crippen LogP contribution >= 0.6 is 0 Å². The first-order valence-corrected chi connectivity index (χ1v) is 5.33. The summed E-state index contributed by atoms with van der Waals surface area (Å²) < 4.78 is 18.8. The van der Waals surface area contributed by atoms with Gasteiger partial charge < -0.3 is 10.5 Å². The topological polar surface area (TPSA) is 72.0 Å². The second kappa shape index (κ2) is 5.27. The first-order chi connectivity index (χ1) is 8.66. The van der Waals surface area contributed by atoms with Crippen LogP contribution in [0.4, 0.5) is 4.39 Å². The summed E-state index contributed by atoms with van der Waals surface area (Å²) in [6, 6.07) is 9.58. The first kappa shape index (κ1) is 12.0. The third-order valence-electron chi connectivity index (χ3n) is 2.36. The van der Waals surface area contributed by atoms with Crippen LogP contribution in [0, 0.1) is 11.2 Å². The average molecular weight is 245 g/mol. The van der Waals surface area contributed by atoms with E-state index in [1.54, 1.807) is 30.3 Å². The van der Waals surface area contributed by atoms with Crippen molar-refractivity contribution in [1.29, 1.82) is 5.41 Å². The highest BCUT2D eigenvalue weighted by Crippen LogP contribution is 2.14. The van der Waals surface area contributed by atoms with E-state index < -0.39 is 0 Å². The van der Waals surface area contributed by atoms with Gasteiger partial charge in [-0.15, -0.1) is 0 Å². The van der Waals surface area contributed by atoms with Gasteiger partial charge in [0.2, 0.25) is 0 Å². The van der Waals surface area contributed by atoms with Crippen LogP contribution < -0.4 is 10.5 Å². The van der Waals surface area contributed by atoms with Crippen molar-refractivity contribution in [3.63, 3.8) is 0 Å². The van der Waals surface area contributed by atoms with E-state index in [-0.39, 0.29) is 18.3 Å². The van der Waals surface area contributed by atoms with Gasteiger partial charge in [0.1, 0.15) is 29.7 Å². The zero-order valence-corrected chi connectivity index (χ0v) is 9.56. The molecule has 5 heteroatoms. The van der Waals surface area contributed by atoms with Crippen LogP contribution in [0.3, 0.4) is 0 Å². The second-order valence-electron chi connectivity index (χ2n) is 3.67. The molecule has 18 heavy (non-hydrogen) atoms. The Kier molecular flexibility index (Phi) is 3.52. The highest BCUT2D eigenvalue weighted by molar-refractivity contribution is 5.93. The summed E-state index contributed by atoms with van der Waals surface area (Å²) in [4.78, 5) is 3.91. The molecule has 0 saturated carbocycles. The number of hydrogen-bond acceptors (Lipinski definition) is 3. The summed E-state index contributed by atoms with van der Waals surface area (Å²) in [5, 5.41) is 7.26. The lowest BCUT2D eigenvalue weighted by atomic mass is 10.2. The minimum absolute atomic E-state index is 0.119. The van der Waals surface area contributed by atoms with E-state index >= 15 is 0 Å². The lowest BCUT2D eigenvalue weighted by Gasteiger charge is -2.07. The highest BCUT2D eigenvalue weighted by Gasteiger charge is 2.04. The minimum Gasteiger partial charge on any atom is -0.489 e. The smallest absolute Gasteiger partial charge is 0.141 e. The molecule has 0 aliphatic carbocycles. The van der Waals surface area contributed by atoms with Crippen LogP contribution in [-0.2, 0) is 6.61 Å². The maximum Gasteiger partial charge on any atom is 0.141 e. The van der Waals surface area contributed by atoms with Crippen molar-refractivity contribution in [1.82, 2.24) is 4.98 Å². The number of nitrogens with zero attached hydrogens (tertiary/aromatic N) is 1. The molecule has 1 aromatic heterocycles. The van der Waals surface area contributed by atoms with E-state index in [0.717, 1.165) is 0 Å². The molecule has 1 aromatic carbocycles. The van der Waals surface area contributed by atoms with Crippen molar-refractivity contribution < 1.29 is 9.13 Å². The molecule has 0 aliphatic heterocycles. The van der Waals surface area contributed by atoms with E-state index in [9.17, 15) is 4.39 Å². The Morgan fingerprint density at radius 1 is 1.33 bits per heavy atom. The monoisotopic (exact) mass is 245 g/mol. The van der Waals surface area contributed by atoms with Crippen molar-refractivity contribution in [3.05, 3.63) is 59.7 Å². The van der Waals surface area contributed by atoms with Gasteiger partial charge >= 0.3 is 0 Å². The number of benzene rings is 1. The molecule has 92 valence electrons. The number of nitrogen functional groups attached to an aromatic ring is 1. The van der Waals surface area contributed by atoms with Crippen LogP contribution in [0.15, 0.2) is 42.6 Å². The van der Waals surface area contributed by atoms with Gasteiger partial charge in [0.15, 0.2) is 0 Å². The fraction of sp³-hybridized carbons (Fsp3) is 0.0769. The molecule has 2 aromatic rings. The van der Waals surface area contributed by atoms with E-state index in [2.05, 4.69) is 4.98 Å². The molecule has 0 bridgehead atoms. The van der Waals surface area contributed by atoms with Crippen molar-refractivity contribution in [2.75, 3.05) is 0 Å². The molecule has 0 radical (unpaired) electrons. The molecule has 0 amide bonds. The molecule has 2 rings (SSSR count). The predicted octanol–water partition coefficient (Wildman–Crippen LogP) is 2.08. The van der Waals surface area contributed by atoms with Gasteiger partial charge in [-0.1, -0.05) is 18.2 Å². The SMILES string of the molecule is N=C(N)c1cc(OCc2ccccc2F)ccn1. The standard InChI is InChI=1S/C13H12FN3O/c14-11-4-2-1-3-9(11)8-18-10-5-6-17-12(7-10)13(15)16/h1-7H,8H2,(H3,15,16). The third-order valence-corrected chi connectivity index (χ3v) is 2.36. The van der Waals surface area contributed by atoms with Crippen LogP contribution in [0.1, 0.15) is 11.3 Å². The van der Waals surface area contributed by atoms with Crippen molar-refractivity contribution in [3.8, 4) is 5.75 Å². The van der Waals surface area contributed by atoms with Crippen LogP contribution in [-0.4, -0.2) is 10.8 Å². The van der Waals surface area contributed by atoms with E-state index in [1.165, 1.54) is 12.3 Å². The Balaban J connectivity index is 2.09. The lowest BCUT2D eigenvalue weighted by molar-refractivity contribution is 0.299. The number of halogens is 1. The van der Waals surface area contributed by atoms with Crippen LogP contribution in [0.5, 0.6) is 5.75 Å². The molecule has 0 aliphatic rings. The number of aromatic nitrogens is 1. The molecule has 0 fully saturated rings. The average Bonchev–Trinajstić information content (AvgIpc) is 2.38. The number of nitrogens with two attached hydrogens (primary N) is 1. The van der Waals surface area contributed by atoms with Crippen molar-refractivity contribution in [2.24, 2.45) is 5.73 Å². The quantitative estimate of drug-likeness (QED) is 0.640. The maximum absolute atomic E-state index is 13.4. The zero-order chi connectivity index (χ0) is 13.0. The lowest BCUT2D eigenvalue weighted by Crippen LogP contribution is -2.13. The molecule has 0 atom stereocenters. The number of pyridine rings is 1. The zero-order valence-electron chi connectivity index (χ0n) is 9.56. The highest BCUT2D eigenvalue weighted by atomic mass is 19.1. The van der Waals surface area contributed by atoms with E-state index in [4.69, 9.17) is 15.9 Å². The van der Waals surface area contributed by atoms with Gasteiger partial charge in [-0.3, -0.25) is 10.4 Å². The number of nitrogens with one attached hydrogen (secondary N) is 1. The summed E-state index contributed by atoms with van der Waals surface area (Å²) >= 11 is 0. The van der Waals surface area contributed by atoms with Gasteiger partial charge in [0, 0.05) is 17.8 Å². The van der Waals surface area contributed by atoms with Crippen LogP contribution in [0.2, 0.25) is 0 Å². The number of hydrogen-bond donors (Lipinski definition) is 2. The maximum atomic E-state index is 13.4. The normalized spacial score (nSPS) is 10.1. The Morgan fingerprint density at radius 2 is 2.11 bits per heavy atom.